The number of hydrogen-bond donors (Lipinski definition) is 2. The van der Waals surface area contributed by atoms with Crippen LogP contribution in [0.2, 0.25) is 0 Å². The molecule has 0 atom stereocenters. The monoisotopic (exact) mass is 260 g/mol. The minimum absolute atomic E-state index is 0.0598. The largest absolute Gasteiger partial charge is 0.369 e. The Balaban J connectivity index is 2.13. The van der Waals surface area contributed by atoms with Gasteiger partial charge in [0.1, 0.15) is 0 Å². The Morgan fingerprint density at radius 3 is 2.61 bits per heavy atom. The summed E-state index contributed by atoms with van der Waals surface area (Å²) in [6.45, 7) is 0. The number of primary amides is 1. The van der Waals surface area contributed by atoms with Crippen LogP contribution >= 0.6 is 11.3 Å². The zero-order valence-corrected chi connectivity index (χ0v) is 10.4. The minimum atomic E-state index is -0.348. The lowest BCUT2D eigenvalue weighted by Gasteiger charge is -1.98. The van der Waals surface area contributed by atoms with Crippen molar-refractivity contribution in [2.45, 2.75) is 6.42 Å². The molecular formula is C13H12N2O2S. The highest BCUT2D eigenvalue weighted by atomic mass is 32.1. The highest BCUT2D eigenvalue weighted by Gasteiger charge is 1.99. The summed E-state index contributed by atoms with van der Waals surface area (Å²) in [6, 6.07) is 7.68. The van der Waals surface area contributed by atoms with Gasteiger partial charge in [0.25, 0.3) is 0 Å². The van der Waals surface area contributed by atoms with Gasteiger partial charge < -0.3 is 10.7 Å². The summed E-state index contributed by atoms with van der Waals surface area (Å²) in [4.78, 5) is 24.3. The van der Waals surface area contributed by atoms with Crippen molar-refractivity contribution in [2.75, 3.05) is 0 Å². The van der Waals surface area contributed by atoms with Crippen molar-refractivity contribution < 1.29 is 4.79 Å². The Morgan fingerprint density at radius 1 is 1.33 bits per heavy atom. The molecule has 0 bridgehead atoms. The quantitative estimate of drug-likeness (QED) is 0.882. The number of carbonyl (C=O) groups excluding carboxylic acids is 1. The number of rotatable bonds is 4. The second-order valence-corrected chi connectivity index (χ2v) is 4.60. The van der Waals surface area contributed by atoms with E-state index in [1.165, 1.54) is 0 Å². The fourth-order valence-corrected chi connectivity index (χ4v) is 2.10. The molecule has 92 valence electrons. The van der Waals surface area contributed by atoms with Crippen molar-refractivity contribution in [1.29, 1.82) is 0 Å². The molecule has 0 aliphatic carbocycles. The Kier molecular flexibility index (Phi) is 3.74. The van der Waals surface area contributed by atoms with E-state index in [1.807, 2.05) is 30.3 Å². The third-order valence-corrected chi connectivity index (χ3v) is 3.04. The molecule has 4 nitrogen and oxygen atoms in total. The molecule has 0 saturated heterocycles. The van der Waals surface area contributed by atoms with Crippen molar-refractivity contribution >= 4 is 23.3 Å². The van der Waals surface area contributed by atoms with Crippen molar-refractivity contribution in [2.24, 2.45) is 5.73 Å². The fraction of sp³-hybridized carbons (Fsp3) is 0.0769. The highest BCUT2D eigenvalue weighted by molar-refractivity contribution is 7.07. The van der Waals surface area contributed by atoms with Gasteiger partial charge in [-0.1, -0.05) is 47.8 Å². The van der Waals surface area contributed by atoms with Crippen molar-refractivity contribution in [3.05, 3.63) is 51.0 Å². The van der Waals surface area contributed by atoms with Crippen molar-refractivity contribution in [3.8, 4) is 11.3 Å². The van der Waals surface area contributed by atoms with Crippen LogP contribution in [0, 0.1) is 0 Å². The first kappa shape index (κ1) is 12.3. The first-order valence-corrected chi connectivity index (χ1v) is 6.26. The number of aromatic amines is 1. The summed E-state index contributed by atoms with van der Waals surface area (Å²) >= 11 is 1.14. The van der Waals surface area contributed by atoms with Gasteiger partial charge in [-0.2, -0.15) is 0 Å². The minimum Gasteiger partial charge on any atom is -0.369 e. The van der Waals surface area contributed by atoms with Crippen molar-refractivity contribution in [1.82, 2.24) is 4.98 Å². The molecule has 0 fully saturated rings. The normalized spacial score (nSPS) is 10.9. The number of hydrogen-bond acceptors (Lipinski definition) is 3. The van der Waals surface area contributed by atoms with E-state index < -0.39 is 0 Å². The Hall–Kier alpha value is -2.14. The van der Waals surface area contributed by atoms with E-state index in [-0.39, 0.29) is 17.2 Å². The van der Waals surface area contributed by atoms with Crippen LogP contribution in [0.5, 0.6) is 0 Å². The number of nitrogens with one attached hydrogen (secondary N) is 1. The number of nitrogens with two attached hydrogens (primary N) is 1. The van der Waals surface area contributed by atoms with Crippen LogP contribution in [-0.2, 0) is 4.79 Å². The average molecular weight is 260 g/mol. The predicted octanol–water partition coefficient (Wildman–Crippen LogP) is 1.99. The van der Waals surface area contributed by atoms with E-state index in [0.29, 0.717) is 0 Å². The zero-order valence-electron chi connectivity index (χ0n) is 9.55. The van der Waals surface area contributed by atoms with Crippen LogP contribution < -0.4 is 10.6 Å². The summed E-state index contributed by atoms with van der Waals surface area (Å²) in [5.41, 5.74) is 7.80. The average Bonchev–Trinajstić information content (AvgIpc) is 2.76. The van der Waals surface area contributed by atoms with Crippen LogP contribution in [0.3, 0.4) is 0 Å². The van der Waals surface area contributed by atoms with E-state index in [1.54, 1.807) is 11.5 Å². The third-order valence-electron chi connectivity index (χ3n) is 2.37. The smallest absolute Gasteiger partial charge is 0.304 e. The van der Waals surface area contributed by atoms with E-state index in [2.05, 4.69) is 4.98 Å². The maximum absolute atomic E-state index is 11.0. The number of H-pyrrole nitrogens is 1. The molecule has 5 heteroatoms. The molecule has 0 aliphatic heterocycles. The van der Waals surface area contributed by atoms with Crippen LogP contribution in [0.4, 0.5) is 0 Å². The second-order valence-electron chi connectivity index (χ2n) is 3.76. The molecule has 2 aromatic rings. The van der Waals surface area contributed by atoms with Gasteiger partial charge in [0.05, 0.1) is 5.69 Å². The fourth-order valence-electron chi connectivity index (χ4n) is 1.51. The summed E-state index contributed by atoms with van der Waals surface area (Å²) in [7, 11) is 0. The lowest BCUT2D eigenvalue weighted by molar-refractivity contribution is -0.117. The molecule has 0 aliphatic rings. The molecule has 3 N–H and O–H groups in total. The third kappa shape index (κ3) is 3.18. The van der Waals surface area contributed by atoms with E-state index >= 15 is 0 Å². The first-order chi connectivity index (χ1) is 8.65. The van der Waals surface area contributed by atoms with E-state index in [9.17, 15) is 9.59 Å². The number of benzene rings is 1. The van der Waals surface area contributed by atoms with Gasteiger partial charge in [-0.25, -0.2) is 0 Å². The highest BCUT2D eigenvalue weighted by Crippen LogP contribution is 2.18. The van der Waals surface area contributed by atoms with Crippen LogP contribution in [0.1, 0.15) is 12.0 Å². The second kappa shape index (κ2) is 5.46. The van der Waals surface area contributed by atoms with Gasteiger partial charge >= 0.3 is 4.87 Å². The molecule has 2 rings (SSSR count). The Bertz CT molecular complexity index is 623. The maximum Gasteiger partial charge on any atom is 0.304 e. The molecule has 0 radical (unpaired) electrons. The van der Waals surface area contributed by atoms with E-state index in [0.717, 1.165) is 28.2 Å². The maximum atomic E-state index is 11.0. The van der Waals surface area contributed by atoms with Gasteiger partial charge in [0.15, 0.2) is 0 Å². The molecule has 18 heavy (non-hydrogen) atoms. The predicted molar refractivity (Wildman–Crippen MR) is 73.2 cm³/mol. The number of carbonyl (C=O) groups is 1. The van der Waals surface area contributed by atoms with Crippen LogP contribution in [0.25, 0.3) is 17.3 Å². The van der Waals surface area contributed by atoms with Gasteiger partial charge in [-0.15, -0.1) is 0 Å². The van der Waals surface area contributed by atoms with Crippen molar-refractivity contribution in [3.63, 3.8) is 0 Å². The van der Waals surface area contributed by atoms with Gasteiger partial charge in [0.2, 0.25) is 5.91 Å². The lowest BCUT2D eigenvalue weighted by atomic mass is 10.1. The Labute approximate surface area is 108 Å². The SMILES string of the molecule is NC(=O)CC=Cc1ccc(-c2csc(=O)[nH]2)cc1. The molecular weight excluding hydrogens is 248 g/mol. The molecule has 0 unspecified atom stereocenters. The zero-order chi connectivity index (χ0) is 13.0. The first-order valence-electron chi connectivity index (χ1n) is 5.38. The van der Waals surface area contributed by atoms with Crippen LogP contribution in [-0.4, -0.2) is 10.9 Å². The molecule has 1 amide bonds. The number of amides is 1. The molecule has 1 aromatic heterocycles. The summed E-state index contributed by atoms with van der Waals surface area (Å²) < 4.78 is 0. The summed E-state index contributed by atoms with van der Waals surface area (Å²) in [5, 5.41) is 1.79. The topological polar surface area (TPSA) is 76.0 Å². The summed E-state index contributed by atoms with van der Waals surface area (Å²) in [5.74, 6) is -0.348. The van der Waals surface area contributed by atoms with Gasteiger partial charge in [-0.05, 0) is 11.1 Å². The Morgan fingerprint density at radius 2 is 2.06 bits per heavy atom. The van der Waals surface area contributed by atoms with E-state index in [4.69, 9.17) is 5.73 Å². The number of aromatic nitrogens is 1. The van der Waals surface area contributed by atoms with Gasteiger partial charge in [-0.3, -0.25) is 9.59 Å². The molecule has 0 saturated carbocycles. The van der Waals surface area contributed by atoms with Gasteiger partial charge in [0, 0.05) is 11.8 Å². The molecule has 1 aromatic carbocycles. The summed E-state index contributed by atoms with van der Waals surface area (Å²) in [6.07, 6.45) is 3.80. The molecule has 1 heterocycles. The lowest BCUT2D eigenvalue weighted by Crippen LogP contribution is -2.07. The molecule has 0 spiro atoms. The standard InChI is InChI=1S/C13H12N2O2S/c14-12(16)3-1-2-9-4-6-10(7-5-9)11-8-18-13(17)15-11/h1-2,4-8H,3H2,(H2,14,16)(H,15,17). The number of thiazole rings is 1. The van der Waals surface area contributed by atoms with Crippen LogP contribution in [0.15, 0.2) is 40.5 Å².